The topological polar surface area (TPSA) is 71.7 Å². The summed E-state index contributed by atoms with van der Waals surface area (Å²) in [6.45, 7) is 5.39. The number of hydrogen-bond donors (Lipinski definition) is 0. The van der Waals surface area contributed by atoms with Gasteiger partial charge in [-0.3, -0.25) is 4.90 Å². The van der Waals surface area contributed by atoms with Crippen molar-refractivity contribution in [1.29, 1.82) is 0 Å². The standard InChI is InChI=1S/C22H23ClN4O3/c1-15-13-27(19-8-6-16(7-9-19)22(28)29-2)11-10-26(15)14-20-24-21(25-30-20)17-4-3-5-18(23)12-17/h3-9,12,15H,10-11,13-14H2,1-2H3. The number of nitrogens with zero attached hydrogens (tertiary/aromatic N) is 4. The minimum absolute atomic E-state index is 0.306. The third kappa shape index (κ3) is 4.47. The number of esters is 1. The van der Waals surface area contributed by atoms with Crippen molar-refractivity contribution in [2.45, 2.75) is 19.5 Å². The highest BCUT2D eigenvalue weighted by molar-refractivity contribution is 6.30. The number of methoxy groups -OCH3 is 1. The average molecular weight is 427 g/mol. The maximum atomic E-state index is 11.6. The van der Waals surface area contributed by atoms with Crippen LogP contribution >= 0.6 is 11.6 Å². The van der Waals surface area contributed by atoms with Crippen LogP contribution in [0.4, 0.5) is 5.69 Å². The number of ether oxygens (including phenoxy) is 1. The Morgan fingerprint density at radius 2 is 2.03 bits per heavy atom. The Kier molecular flexibility index (Phi) is 6.01. The fourth-order valence-corrected chi connectivity index (χ4v) is 3.82. The van der Waals surface area contributed by atoms with Crippen LogP contribution in [-0.2, 0) is 11.3 Å². The van der Waals surface area contributed by atoms with E-state index in [-0.39, 0.29) is 5.97 Å². The van der Waals surface area contributed by atoms with E-state index in [0.717, 1.165) is 30.9 Å². The number of piperazine rings is 1. The highest BCUT2D eigenvalue weighted by Crippen LogP contribution is 2.23. The summed E-state index contributed by atoms with van der Waals surface area (Å²) in [6, 6.07) is 15.2. The van der Waals surface area contributed by atoms with E-state index in [9.17, 15) is 4.79 Å². The van der Waals surface area contributed by atoms with Gasteiger partial charge in [-0.1, -0.05) is 28.9 Å². The van der Waals surface area contributed by atoms with Crippen LogP contribution in [0.25, 0.3) is 11.4 Å². The van der Waals surface area contributed by atoms with E-state index in [1.807, 2.05) is 36.4 Å². The first-order valence-corrected chi connectivity index (χ1v) is 10.2. The molecule has 0 aliphatic carbocycles. The molecule has 0 N–H and O–H groups in total. The van der Waals surface area contributed by atoms with Crippen molar-refractivity contribution < 1.29 is 14.1 Å². The van der Waals surface area contributed by atoms with Gasteiger partial charge in [-0.05, 0) is 43.3 Å². The van der Waals surface area contributed by atoms with Crippen molar-refractivity contribution in [3.8, 4) is 11.4 Å². The molecule has 1 unspecified atom stereocenters. The molecule has 30 heavy (non-hydrogen) atoms. The summed E-state index contributed by atoms with van der Waals surface area (Å²) in [5.74, 6) is 0.814. The van der Waals surface area contributed by atoms with Gasteiger partial charge in [0, 0.05) is 41.9 Å². The smallest absolute Gasteiger partial charge is 0.337 e. The van der Waals surface area contributed by atoms with Gasteiger partial charge in [0.1, 0.15) is 0 Å². The summed E-state index contributed by atoms with van der Waals surface area (Å²) < 4.78 is 10.2. The first-order valence-electron chi connectivity index (χ1n) is 9.79. The van der Waals surface area contributed by atoms with Crippen molar-refractivity contribution in [3.63, 3.8) is 0 Å². The predicted molar refractivity (Wildman–Crippen MR) is 115 cm³/mol. The molecule has 156 valence electrons. The van der Waals surface area contributed by atoms with Gasteiger partial charge in [-0.15, -0.1) is 0 Å². The van der Waals surface area contributed by atoms with Gasteiger partial charge in [0.25, 0.3) is 0 Å². The zero-order valence-electron chi connectivity index (χ0n) is 16.9. The summed E-state index contributed by atoms with van der Waals surface area (Å²) in [6.07, 6.45) is 0. The lowest BCUT2D eigenvalue weighted by Gasteiger charge is -2.40. The zero-order chi connectivity index (χ0) is 21.1. The van der Waals surface area contributed by atoms with Crippen molar-refractivity contribution in [1.82, 2.24) is 15.0 Å². The van der Waals surface area contributed by atoms with Crippen LogP contribution in [0.1, 0.15) is 23.2 Å². The number of rotatable bonds is 5. The minimum atomic E-state index is -0.323. The molecule has 0 amide bonds. The van der Waals surface area contributed by atoms with E-state index >= 15 is 0 Å². The number of hydrogen-bond acceptors (Lipinski definition) is 7. The zero-order valence-corrected chi connectivity index (χ0v) is 17.7. The van der Waals surface area contributed by atoms with Crippen LogP contribution in [0.5, 0.6) is 0 Å². The van der Waals surface area contributed by atoms with Crippen LogP contribution in [-0.4, -0.2) is 53.8 Å². The van der Waals surface area contributed by atoms with Gasteiger partial charge in [0.2, 0.25) is 11.7 Å². The summed E-state index contributed by atoms with van der Waals surface area (Å²) in [5, 5.41) is 4.73. The first-order chi connectivity index (χ1) is 14.5. The van der Waals surface area contributed by atoms with Gasteiger partial charge >= 0.3 is 5.97 Å². The normalized spacial score (nSPS) is 17.2. The molecule has 1 saturated heterocycles. The van der Waals surface area contributed by atoms with Crippen molar-refractivity contribution in [2.24, 2.45) is 0 Å². The SMILES string of the molecule is COC(=O)c1ccc(N2CCN(Cc3nc(-c4cccc(Cl)c4)no3)C(C)C2)cc1. The molecule has 0 saturated carbocycles. The number of carbonyl (C=O) groups excluding carboxylic acids is 1. The van der Waals surface area contributed by atoms with E-state index in [2.05, 4.69) is 26.9 Å². The Labute approximate surface area is 180 Å². The Morgan fingerprint density at radius 1 is 1.23 bits per heavy atom. The van der Waals surface area contributed by atoms with Crippen molar-refractivity contribution >= 4 is 23.3 Å². The summed E-state index contributed by atoms with van der Waals surface area (Å²) >= 11 is 6.05. The molecule has 7 nitrogen and oxygen atoms in total. The summed E-state index contributed by atoms with van der Waals surface area (Å²) in [7, 11) is 1.39. The highest BCUT2D eigenvalue weighted by atomic mass is 35.5. The van der Waals surface area contributed by atoms with Gasteiger partial charge in [0.15, 0.2) is 0 Å². The van der Waals surface area contributed by atoms with E-state index in [1.54, 1.807) is 12.1 Å². The Bertz CT molecular complexity index is 1020. The first kappa shape index (κ1) is 20.4. The second-order valence-corrected chi connectivity index (χ2v) is 7.76. The Balaban J connectivity index is 1.38. The van der Waals surface area contributed by atoms with Crippen molar-refractivity contribution in [3.05, 3.63) is 65.0 Å². The number of carbonyl (C=O) groups is 1. The third-order valence-electron chi connectivity index (χ3n) is 5.31. The molecule has 1 aliphatic rings. The molecule has 4 rings (SSSR count). The Hall–Kier alpha value is -2.90. The van der Waals surface area contributed by atoms with Crippen LogP contribution in [0, 0.1) is 0 Å². The van der Waals surface area contributed by atoms with E-state index in [4.69, 9.17) is 20.9 Å². The van der Waals surface area contributed by atoms with E-state index in [1.165, 1.54) is 7.11 Å². The molecular weight excluding hydrogens is 404 g/mol. The molecule has 1 fully saturated rings. The molecule has 1 aromatic heterocycles. The van der Waals surface area contributed by atoms with E-state index in [0.29, 0.717) is 34.9 Å². The molecule has 3 aromatic rings. The minimum Gasteiger partial charge on any atom is -0.465 e. The summed E-state index contributed by atoms with van der Waals surface area (Å²) in [5.41, 5.74) is 2.49. The second kappa shape index (κ2) is 8.85. The lowest BCUT2D eigenvalue weighted by Crippen LogP contribution is -2.51. The number of aromatic nitrogens is 2. The lowest BCUT2D eigenvalue weighted by molar-refractivity contribution is 0.0600. The highest BCUT2D eigenvalue weighted by Gasteiger charge is 2.26. The fraction of sp³-hybridized carbons (Fsp3) is 0.318. The van der Waals surface area contributed by atoms with Gasteiger partial charge < -0.3 is 14.2 Å². The summed E-state index contributed by atoms with van der Waals surface area (Å²) in [4.78, 5) is 20.8. The van der Waals surface area contributed by atoms with Gasteiger partial charge in [-0.2, -0.15) is 4.98 Å². The second-order valence-electron chi connectivity index (χ2n) is 7.33. The van der Waals surface area contributed by atoms with Crippen LogP contribution in [0.15, 0.2) is 53.1 Å². The number of benzene rings is 2. The maximum Gasteiger partial charge on any atom is 0.337 e. The van der Waals surface area contributed by atoms with Crippen molar-refractivity contribution in [2.75, 3.05) is 31.6 Å². The molecule has 0 radical (unpaired) electrons. The van der Waals surface area contributed by atoms with E-state index < -0.39 is 0 Å². The van der Waals surface area contributed by atoms with Crippen LogP contribution in [0.2, 0.25) is 5.02 Å². The molecule has 1 atom stereocenters. The number of halogens is 1. The maximum absolute atomic E-state index is 11.6. The molecule has 8 heteroatoms. The van der Waals surface area contributed by atoms with Crippen LogP contribution in [0.3, 0.4) is 0 Å². The number of anilines is 1. The molecular formula is C22H23ClN4O3. The molecule has 2 heterocycles. The Morgan fingerprint density at radius 3 is 2.73 bits per heavy atom. The third-order valence-corrected chi connectivity index (χ3v) is 5.54. The lowest BCUT2D eigenvalue weighted by atomic mass is 10.1. The van der Waals surface area contributed by atoms with Gasteiger partial charge in [-0.25, -0.2) is 4.79 Å². The quantitative estimate of drug-likeness (QED) is 0.573. The molecule has 2 aromatic carbocycles. The van der Waals surface area contributed by atoms with Crippen LogP contribution < -0.4 is 4.90 Å². The largest absolute Gasteiger partial charge is 0.465 e. The monoisotopic (exact) mass is 426 g/mol. The molecule has 1 aliphatic heterocycles. The molecule has 0 bridgehead atoms. The predicted octanol–water partition coefficient (Wildman–Crippen LogP) is 3.89. The fourth-order valence-electron chi connectivity index (χ4n) is 3.63. The molecule has 0 spiro atoms. The van der Waals surface area contributed by atoms with Gasteiger partial charge in [0.05, 0.1) is 19.2 Å². The average Bonchev–Trinajstić information content (AvgIpc) is 3.23.